The first-order valence-corrected chi connectivity index (χ1v) is 26.7. The van der Waals surface area contributed by atoms with Crippen molar-refractivity contribution in [3.63, 3.8) is 0 Å². The molecule has 0 spiro atoms. The van der Waals surface area contributed by atoms with Crippen LogP contribution in [0.3, 0.4) is 0 Å². The number of aliphatic carboxylic acids is 1. The number of carbonyl (C=O) groups is 2. The fourth-order valence-electron chi connectivity index (χ4n) is 15.9. The number of fused-ring (bicyclic) bond motifs is 7. The highest BCUT2D eigenvalue weighted by Crippen LogP contribution is 2.76. The summed E-state index contributed by atoms with van der Waals surface area (Å²) < 4.78 is 49.0. The van der Waals surface area contributed by atoms with Crippen LogP contribution in [0.1, 0.15) is 133 Å². The van der Waals surface area contributed by atoms with Crippen LogP contribution in [0.5, 0.6) is 0 Å². The van der Waals surface area contributed by atoms with Gasteiger partial charge in [-0.3, -0.25) is 19.1 Å². The minimum Gasteiger partial charge on any atom is -0.481 e. The van der Waals surface area contributed by atoms with Gasteiger partial charge in [0.15, 0.2) is 9.84 Å². The number of hydrogen-bond acceptors (Lipinski definition) is 9. The third-order valence-corrected chi connectivity index (χ3v) is 21.6. The van der Waals surface area contributed by atoms with E-state index < -0.39 is 35.9 Å². The third kappa shape index (κ3) is 7.84. The molecule has 60 heavy (non-hydrogen) atoms. The fraction of sp³-hybridized carbons (Fsp3) is 0.913. The molecule has 14 atom stereocenters. The predicted octanol–water partition coefficient (Wildman–Crippen LogP) is 7.28. The molecule has 6 aliphatic carbocycles. The number of hydrogen-bond donors (Lipinski definition) is 4. The minimum atomic E-state index is -4.39. The summed E-state index contributed by atoms with van der Waals surface area (Å²) in [6.45, 7) is 26.3. The standard InChI is InChI=1S/C46H77N2O10PS/c1-28(2)30-13-18-46(47-26-33(29(3)57-27-59(52,53)54)48-21-23-60(55,56)24-22-48)20-19-44(9)31(38(30)46)11-12-35-43(8)16-15-36(42(6,7)34(43)14-17-45(35,44)10)58-40(51)39-32(25-37(49)50)41(39,4)5/h29-36,38-39,47H,1,11-27H2,2-10H3,(H,49,50)(H2,52,53,54)/t29?,30-,31+,32+,33?,34-,35+,36-,38+,39+,43-,44+,45+,46-/m0/s1. The third-order valence-electron chi connectivity index (χ3n) is 19.5. The first kappa shape index (κ1) is 46.6. The molecule has 4 N–H and O–H groups in total. The smallest absolute Gasteiger partial charge is 0.350 e. The number of carbonyl (C=O) groups excluding carboxylic acids is 1. The van der Waals surface area contributed by atoms with Crippen molar-refractivity contribution in [3.8, 4) is 0 Å². The lowest BCUT2D eigenvalue weighted by atomic mass is 9.32. The van der Waals surface area contributed by atoms with Crippen LogP contribution in [0.2, 0.25) is 0 Å². The molecule has 0 amide bonds. The van der Waals surface area contributed by atoms with E-state index in [1.807, 2.05) is 20.8 Å². The summed E-state index contributed by atoms with van der Waals surface area (Å²) in [5.41, 5.74) is 0.835. The number of nitrogens with one attached hydrogen (secondary N) is 1. The molecule has 14 heteroatoms. The number of ether oxygens (including phenoxy) is 2. The van der Waals surface area contributed by atoms with E-state index in [1.54, 1.807) is 0 Å². The molecule has 0 aromatic heterocycles. The average molecular weight is 881 g/mol. The van der Waals surface area contributed by atoms with Gasteiger partial charge in [0.1, 0.15) is 12.5 Å². The molecule has 7 rings (SSSR count). The van der Waals surface area contributed by atoms with Crippen LogP contribution in [0.15, 0.2) is 12.2 Å². The Balaban J connectivity index is 1.11. The fourth-order valence-corrected chi connectivity index (χ4v) is 17.6. The maximum Gasteiger partial charge on any atom is 0.350 e. The van der Waals surface area contributed by atoms with Gasteiger partial charge in [0.25, 0.3) is 0 Å². The number of allylic oxidation sites excluding steroid dienone is 1. The van der Waals surface area contributed by atoms with E-state index in [0.717, 1.165) is 64.2 Å². The highest BCUT2D eigenvalue weighted by molar-refractivity contribution is 7.91. The van der Waals surface area contributed by atoms with E-state index in [2.05, 4.69) is 58.3 Å². The molecule has 12 nitrogen and oxygen atoms in total. The van der Waals surface area contributed by atoms with Gasteiger partial charge in [0.2, 0.25) is 0 Å². The second kappa shape index (κ2) is 15.7. The summed E-state index contributed by atoms with van der Waals surface area (Å²) in [5.74, 6) is 0.666. The van der Waals surface area contributed by atoms with Gasteiger partial charge in [0, 0.05) is 43.1 Å². The second-order valence-electron chi connectivity index (χ2n) is 22.9. The van der Waals surface area contributed by atoms with Crippen molar-refractivity contribution in [1.29, 1.82) is 0 Å². The van der Waals surface area contributed by atoms with Gasteiger partial charge in [-0.2, -0.15) is 0 Å². The molecular weight excluding hydrogens is 804 g/mol. The number of sulfone groups is 1. The van der Waals surface area contributed by atoms with E-state index >= 15 is 0 Å². The topological polar surface area (TPSA) is 180 Å². The molecule has 2 unspecified atom stereocenters. The molecule has 342 valence electrons. The highest BCUT2D eigenvalue weighted by Gasteiger charge is 2.71. The number of carboxylic acid groups (broad SMARTS) is 1. The van der Waals surface area contributed by atoms with Gasteiger partial charge in [0.05, 0.1) is 23.5 Å². The Morgan fingerprint density at radius 2 is 1.55 bits per heavy atom. The Hall–Kier alpha value is -1.34. The van der Waals surface area contributed by atoms with E-state index in [4.69, 9.17) is 9.47 Å². The monoisotopic (exact) mass is 881 g/mol. The molecular formula is C46H77N2O10PS. The summed E-state index contributed by atoms with van der Waals surface area (Å²) in [4.78, 5) is 46.7. The largest absolute Gasteiger partial charge is 0.481 e. The van der Waals surface area contributed by atoms with E-state index in [0.29, 0.717) is 49.2 Å². The Morgan fingerprint density at radius 1 is 0.883 bits per heavy atom. The van der Waals surface area contributed by atoms with E-state index in [9.17, 15) is 37.5 Å². The average Bonchev–Trinajstić information content (AvgIpc) is 3.45. The van der Waals surface area contributed by atoms with Crippen molar-refractivity contribution in [2.45, 2.75) is 157 Å². The minimum absolute atomic E-state index is 0.00391. The Morgan fingerprint density at radius 3 is 2.17 bits per heavy atom. The van der Waals surface area contributed by atoms with Crippen LogP contribution in [0, 0.1) is 68.5 Å². The van der Waals surface area contributed by atoms with Gasteiger partial charge in [-0.1, -0.05) is 60.6 Å². The van der Waals surface area contributed by atoms with Crippen LogP contribution in [-0.2, 0) is 33.5 Å². The maximum atomic E-state index is 13.7. The zero-order chi connectivity index (χ0) is 44.2. The van der Waals surface area contributed by atoms with Crippen molar-refractivity contribution in [2.24, 2.45) is 68.5 Å². The number of esters is 1. The SMILES string of the molecule is C=C(C)[C@@H]1CC[C@]2(NCC(C(C)OCP(=O)(O)O)N3CCS(=O)(=O)CC3)CC[C@]3(C)[C@H](CC[C@@H]4[C@@]5(C)CC[C@H](OC(=O)[C@H]6[C@@H](CC(=O)O)C6(C)C)C(C)(C)[C@@H]5CC[C@]43C)[C@@H]12. The molecule has 1 saturated heterocycles. The molecule has 0 aromatic rings. The molecule has 0 aromatic carbocycles. The molecule has 6 saturated carbocycles. The van der Waals surface area contributed by atoms with E-state index in [-0.39, 0.29) is 80.5 Å². The molecule has 0 bridgehead atoms. The summed E-state index contributed by atoms with van der Waals surface area (Å²) in [7, 11) is -7.52. The summed E-state index contributed by atoms with van der Waals surface area (Å²) >= 11 is 0. The summed E-state index contributed by atoms with van der Waals surface area (Å²) in [6.07, 6.45) is 9.20. The number of rotatable bonds is 13. The second-order valence-corrected chi connectivity index (χ2v) is 26.8. The molecule has 1 heterocycles. The Bertz CT molecular complexity index is 1850. The summed E-state index contributed by atoms with van der Waals surface area (Å²) in [6, 6.07) is -0.248. The van der Waals surface area contributed by atoms with Gasteiger partial charge < -0.3 is 29.7 Å². The first-order valence-electron chi connectivity index (χ1n) is 23.1. The van der Waals surface area contributed by atoms with Crippen molar-refractivity contribution < 1.29 is 46.9 Å². The predicted molar refractivity (Wildman–Crippen MR) is 232 cm³/mol. The van der Waals surface area contributed by atoms with E-state index in [1.165, 1.54) is 5.57 Å². The van der Waals surface area contributed by atoms with Crippen LogP contribution in [0.25, 0.3) is 0 Å². The van der Waals surface area contributed by atoms with Gasteiger partial charge in [-0.15, -0.1) is 0 Å². The molecule has 7 fully saturated rings. The highest BCUT2D eigenvalue weighted by atomic mass is 32.2. The lowest BCUT2D eigenvalue weighted by Gasteiger charge is -2.73. The molecule has 1 aliphatic heterocycles. The van der Waals surface area contributed by atoms with Gasteiger partial charge in [-0.25, -0.2) is 8.42 Å². The Kier molecular flexibility index (Phi) is 12.2. The molecule has 7 aliphatic rings. The van der Waals surface area contributed by atoms with Crippen LogP contribution in [-0.4, -0.2) is 101 Å². The van der Waals surface area contributed by atoms with Gasteiger partial charge >= 0.3 is 19.5 Å². The molecule has 0 radical (unpaired) electrons. The van der Waals surface area contributed by atoms with Crippen molar-refractivity contribution in [3.05, 3.63) is 12.2 Å². The Labute approximate surface area is 360 Å². The zero-order valence-electron chi connectivity index (χ0n) is 38.0. The van der Waals surface area contributed by atoms with Crippen LogP contribution < -0.4 is 5.32 Å². The normalized spacial score (nSPS) is 43.9. The lowest BCUT2D eigenvalue weighted by Crippen LogP contribution is -2.69. The van der Waals surface area contributed by atoms with Crippen molar-refractivity contribution >= 4 is 29.4 Å². The summed E-state index contributed by atoms with van der Waals surface area (Å²) in [5, 5.41) is 13.6. The van der Waals surface area contributed by atoms with Crippen LogP contribution >= 0.6 is 7.60 Å². The maximum absolute atomic E-state index is 13.7. The number of nitrogens with zero attached hydrogens (tertiary/aromatic N) is 1. The van der Waals surface area contributed by atoms with Crippen molar-refractivity contribution in [2.75, 3.05) is 37.5 Å². The van der Waals surface area contributed by atoms with Gasteiger partial charge in [-0.05, 0) is 135 Å². The number of carboxylic acids is 1. The lowest BCUT2D eigenvalue weighted by molar-refractivity contribution is -0.246. The van der Waals surface area contributed by atoms with Crippen molar-refractivity contribution in [1.82, 2.24) is 10.2 Å². The zero-order valence-corrected chi connectivity index (χ0v) is 39.7. The quantitative estimate of drug-likeness (QED) is 0.0827. The van der Waals surface area contributed by atoms with Crippen LogP contribution in [0.4, 0.5) is 0 Å². The first-order chi connectivity index (χ1) is 27.6.